The molecule has 0 bridgehead atoms. The van der Waals surface area contributed by atoms with E-state index in [1.807, 2.05) is 13.0 Å². The monoisotopic (exact) mass is 177 g/mol. The van der Waals surface area contributed by atoms with Gasteiger partial charge in [0, 0.05) is 5.69 Å². The lowest BCUT2D eigenvalue weighted by atomic mass is 10.3. The van der Waals surface area contributed by atoms with Crippen molar-refractivity contribution in [2.45, 2.75) is 13.3 Å². The van der Waals surface area contributed by atoms with E-state index in [1.54, 1.807) is 0 Å². The Labute approximate surface area is 76.7 Å². The Bertz CT molecular complexity index is 335. The molecule has 0 spiro atoms. The van der Waals surface area contributed by atoms with E-state index in [0.29, 0.717) is 0 Å². The summed E-state index contributed by atoms with van der Waals surface area (Å²) in [5, 5.41) is 9.25. The van der Waals surface area contributed by atoms with Gasteiger partial charge in [-0.2, -0.15) is 5.10 Å². The quantitative estimate of drug-likeness (QED) is 0.639. The first kappa shape index (κ1) is 9.33. The average molecular weight is 177 g/mol. The van der Waals surface area contributed by atoms with Crippen LogP contribution in [0, 0.1) is 19.3 Å². The first-order valence-corrected chi connectivity index (χ1v) is 3.93. The number of nitrogens with one attached hydrogen (secondary N) is 2. The Kier molecular flexibility index (Phi) is 3.09. The van der Waals surface area contributed by atoms with E-state index >= 15 is 0 Å². The second-order valence-electron chi connectivity index (χ2n) is 2.70. The van der Waals surface area contributed by atoms with Crippen molar-refractivity contribution in [3.63, 3.8) is 0 Å². The smallest absolute Gasteiger partial charge is 0.226 e. The number of carbonyl (C=O) groups is 1. The molecule has 0 unspecified atom stereocenters. The van der Waals surface area contributed by atoms with Crippen LogP contribution in [0.2, 0.25) is 0 Å². The van der Waals surface area contributed by atoms with Gasteiger partial charge >= 0.3 is 0 Å². The molecule has 68 valence electrons. The zero-order chi connectivity index (χ0) is 9.68. The third-order valence-corrected chi connectivity index (χ3v) is 1.49. The Morgan fingerprint density at radius 2 is 2.62 bits per heavy atom. The number of hydrogen-bond acceptors (Lipinski definition) is 2. The Morgan fingerprint density at radius 1 is 1.85 bits per heavy atom. The molecule has 0 aliphatic heterocycles. The largest absolute Gasteiger partial charge is 0.345 e. The summed E-state index contributed by atoms with van der Waals surface area (Å²) < 4.78 is 0. The van der Waals surface area contributed by atoms with Crippen LogP contribution in [0.3, 0.4) is 0 Å². The molecule has 2 N–H and O–H groups in total. The average Bonchev–Trinajstić information content (AvgIpc) is 2.48. The van der Waals surface area contributed by atoms with Gasteiger partial charge in [0.05, 0.1) is 18.7 Å². The number of carbonyl (C=O) groups excluding carboxylic acids is 1. The second kappa shape index (κ2) is 4.31. The molecule has 1 rings (SSSR count). The predicted octanol–water partition coefficient (Wildman–Crippen LogP) is 0.0100. The maximum atomic E-state index is 11.1. The molecule has 4 heteroatoms. The van der Waals surface area contributed by atoms with Gasteiger partial charge in [0.15, 0.2) is 0 Å². The summed E-state index contributed by atoms with van der Waals surface area (Å²) in [6.07, 6.45) is 5.26. The first-order valence-electron chi connectivity index (χ1n) is 3.93. The van der Waals surface area contributed by atoms with Crippen molar-refractivity contribution >= 4 is 5.91 Å². The number of aromatic nitrogens is 2. The number of nitrogens with zero attached hydrogens (tertiary/aromatic N) is 1. The molecule has 1 aromatic rings. The van der Waals surface area contributed by atoms with Crippen molar-refractivity contribution in [2.75, 3.05) is 6.54 Å². The van der Waals surface area contributed by atoms with Gasteiger partial charge in [-0.05, 0) is 13.0 Å². The topological polar surface area (TPSA) is 57.8 Å². The predicted molar refractivity (Wildman–Crippen MR) is 48.9 cm³/mol. The van der Waals surface area contributed by atoms with Crippen LogP contribution < -0.4 is 5.32 Å². The number of aryl methyl sites for hydroxylation is 1. The van der Waals surface area contributed by atoms with E-state index in [1.165, 1.54) is 0 Å². The number of terminal acetylenes is 1. The third kappa shape index (κ3) is 2.99. The standard InChI is InChI=1S/C9H11N3O/c1-3-4-10-9(13)6-8-5-7(2)11-12-8/h1,5H,4,6H2,2H3,(H,10,13)(H,11,12). The van der Waals surface area contributed by atoms with Crippen LogP contribution in [0.5, 0.6) is 0 Å². The zero-order valence-electron chi connectivity index (χ0n) is 7.42. The molecule has 0 aliphatic carbocycles. The maximum absolute atomic E-state index is 11.1. The molecular formula is C9H11N3O. The molecule has 0 atom stereocenters. The summed E-state index contributed by atoms with van der Waals surface area (Å²) >= 11 is 0. The molecule has 0 aliphatic rings. The van der Waals surface area contributed by atoms with Gasteiger partial charge < -0.3 is 5.32 Å². The van der Waals surface area contributed by atoms with Gasteiger partial charge in [0.1, 0.15) is 0 Å². The number of rotatable bonds is 3. The normalized spacial score (nSPS) is 9.23. The Balaban J connectivity index is 2.41. The summed E-state index contributed by atoms with van der Waals surface area (Å²) in [7, 11) is 0. The van der Waals surface area contributed by atoms with E-state index in [9.17, 15) is 4.79 Å². The van der Waals surface area contributed by atoms with Crippen LogP contribution >= 0.6 is 0 Å². The lowest BCUT2D eigenvalue weighted by Gasteiger charge is -1.97. The van der Waals surface area contributed by atoms with Crippen LogP contribution in [0.15, 0.2) is 6.07 Å². The van der Waals surface area contributed by atoms with Crippen LogP contribution in [-0.4, -0.2) is 22.6 Å². The molecule has 0 saturated heterocycles. The molecule has 0 aromatic carbocycles. The Morgan fingerprint density at radius 3 is 3.15 bits per heavy atom. The van der Waals surface area contributed by atoms with Gasteiger partial charge in [0.2, 0.25) is 5.91 Å². The van der Waals surface area contributed by atoms with Gasteiger partial charge in [-0.1, -0.05) is 5.92 Å². The highest BCUT2D eigenvalue weighted by Crippen LogP contribution is 1.97. The van der Waals surface area contributed by atoms with Gasteiger partial charge in [-0.25, -0.2) is 0 Å². The molecule has 4 nitrogen and oxygen atoms in total. The molecule has 1 aromatic heterocycles. The van der Waals surface area contributed by atoms with Gasteiger partial charge in [-0.3, -0.25) is 9.89 Å². The molecular weight excluding hydrogens is 166 g/mol. The van der Waals surface area contributed by atoms with E-state index in [4.69, 9.17) is 6.42 Å². The highest BCUT2D eigenvalue weighted by Gasteiger charge is 2.04. The molecule has 0 saturated carbocycles. The van der Waals surface area contributed by atoms with Gasteiger partial charge in [-0.15, -0.1) is 6.42 Å². The summed E-state index contributed by atoms with van der Waals surface area (Å²) in [4.78, 5) is 11.1. The molecule has 0 radical (unpaired) electrons. The number of H-pyrrole nitrogens is 1. The number of hydrogen-bond donors (Lipinski definition) is 2. The van der Waals surface area contributed by atoms with Crippen LogP contribution in [0.4, 0.5) is 0 Å². The van der Waals surface area contributed by atoms with E-state index in [-0.39, 0.29) is 18.9 Å². The zero-order valence-corrected chi connectivity index (χ0v) is 7.42. The maximum Gasteiger partial charge on any atom is 0.226 e. The van der Waals surface area contributed by atoms with Crippen molar-refractivity contribution in [2.24, 2.45) is 0 Å². The lowest BCUT2D eigenvalue weighted by molar-refractivity contribution is -0.120. The minimum absolute atomic E-state index is 0.107. The van der Waals surface area contributed by atoms with Crippen molar-refractivity contribution in [3.05, 3.63) is 17.5 Å². The van der Waals surface area contributed by atoms with Gasteiger partial charge in [0.25, 0.3) is 0 Å². The molecule has 1 amide bonds. The minimum atomic E-state index is -0.107. The highest BCUT2D eigenvalue weighted by atomic mass is 16.1. The van der Waals surface area contributed by atoms with Crippen molar-refractivity contribution < 1.29 is 4.79 Å². The fraction of sp³-hybridized carbons (Fsp3) is 0.333. The fourth-order valence-corrected chi connectivity index (χ4v) is 0.942. The van der Waals surface area contributed by atoms with E-state index in [0.717, 1.165) is 11.4 Å². The lowest BCUT2D eigenvalue weighted by Crippen LogP contribution is -2.25. The van der Waals surface area contributed by atoms with Crippen LogP contribution in [0.25, 0.3) is 0 Å². The fourth-order valence-electron chi connectivity index (χ4n) is 0.942. The van der Waals surface area contributed by atoms with Crippen molar-refractivity contribution in [1.82, 2.24) is 15.5 Å². The van der Waals surface area contributed by atoms with Crippen molar-refractivity contribution in [1.29, 1.82) is 0 Å². The molecule has 13 heavy (non-hydrogen) atoms. The molecule has 0 fully saturated rings. The number of amides is 1. The first-order chi connectivity index (χ1) is 6.22. The summed E-state index contributed by atoms with van der Waals surface area (Å²) in [5.74, 6) is 2.22. The minimum Gasteiger partial charge on any atom is -0.345 e. The van der Waals surface area contributed by atoms with E-state index in [2.05, 4.69) is 21.4 Å². The summed E-state index contributed by atoms with van der Waals surface area (Å²) in [6, 6.07) is 1.83. The third-order valence-electron chi connectivity index (χ3n) is 1.49. The van der Waals surface area contributed by atoms with Crippen molar-refractivity contribution in [3.8, 4) is 12.3 Å². The van der Waals surface area contributed by atoms with E-state index < -0.39 is 0 Å². The summed E-state index contributed by atoms with van der Waals surface area (Å²) in [5.41, 5.74) is 1.67. The summed E-state index contributed by atoms with van der Waals surface area (Å²) in [6.45, 7) is 2.15. The molecule has 1 heterocycles. The second-order valence-corrected chi connectivity index (χ2v) is 2.70. The Hall–Kier alpha value is -1.76. The van der Waals surface area contributed by atoms with Crippen LogP contribution in [0.1, 0.15) is 11.4 Å². The SMILES string of the molecule is C#CCNC(=O)Cc1cc(C)[nH]n1. The number of aromatic amines is 1. The van der Waals surface area contributed by atoms with Crippen LogP contribution in [-0.2, 0) is 11.2 Å². The highest BCUT2D eigenvalue weighted by molar-refractivity contribution is 5.78.